The van der Waals surface area contributed by atoms with Crippen molar-refractivity contribution in [3.63, 3.8) is 0 Å². The van der Waals surface area contributed by atoms with Crippen molar-refractivity contribution in [2.24, 2.45) is 34.5 Å². The van der Waals surface area contributed by atoms with Crippen molar-refractivity contribution in [3.8, 4) is 0 Å². The van der Waals surface area contributed by atoms with Gasteiger partial charge in [-0.1, -0.05) is 32.4 Å². The summed E-state index contributed by atoms with van der Waals surface area (Å²) in [6, 6.07) is 0. The first kappa shape index (κ1) is 37.2. The molecule has 290 valence electrons. The maximum absolute atomic E-state index is 12.4. The van der Waals surface area contributed by atoms with Gasteiger partial charge < -0.3 is 64.2 Å². The lowest BCUT2D eigenvalue weighted by atomic mass is 9.46. The van der Waals surface area contributed by atoms with Crippen molar-refractivity contribution in [3.05, 3.63) is 11.6 Å². The number of hydrogen-bond donors (Lipinski definition) is 7. The molecule has 20 atom stereocenters. The Kier molecular flexibility index (Phi) is 9.60. The van der Waals surface area contributed by atoms with Gasteiger partial charge in [0.2, 0.25) is 0 Å². The van der Waals surface area contributed by atoms with Crippen LogP contribution in [-0.2, 0) is 28.4 Å². The third-order valence-corrected chi connectivity index (χ3v) is 15.2. The molecule has 8 rings (SSSR count). The molecule has 0 bridgehead atoms. The predicted octanol–water partition coefficient (Wildman–Crippen LogP) is 1.26. The highest BCUT2D eigenvalue weighted by atomic mass is 16.7. The molecule has 4 heterocycles. The van der Waals surface area contributed by atoms with Gasteiger partial charge in [-0.25, -0.2) is 0 Å². The van der Waals surface area contributed by atoms with Crippen LogP contribution in [0.2, 0.25) is 0 Å². The SMILES string of the molecule is C[C@@H]1CC[C@]2(C[C@@]3(O)[C@H](C[C@@H]4[C@@H]5CC=C6C[C@@H](O[C@@H]7O[C@H](CO)[C@@H](O)[C@H](O[C@@H]8O[C@H](C)[C@H](O)[C@H](O)[C@H]8O)[C@H]7O)CC[C@@]6(C)[C@H]5CC[C@@]43C)O2)OC1. The monoisotopic (exact) mass is 724 g/mol. The van der Waals surface area contributed by atoms with E-state index in [-0.39, 0.29) is 23.0 Å². The van der Waals surface area contributed by atoms with Gasteiger partial charge in [-0.2, -0.15) is 0 Å². The van der Waals surface area contributed by atoms with Crippen LogP contribution >= 0.6 is 0 Å². The number of aliphatic hydroxyl groups is 7. The smallest absolute Gasteiger partial charge is 0.187 e. The van der Waals surface area contributed by atoms with Gasteiger partial charge in [0.15, 0.2) is 18.4 Å². The highest BCUT2D eigenvalue weighted by Crippen LogP contribution is 2.71. The predicted molar refractivity (Wildman–Crippen MR) is 178 cm³/mol. The summed E-state index contributed by atoms with van der Waals surface area (Å²) in [7, 11) is 0. The van der Waals surface area contributed by atoms with Crippen molar-refractivity contribution in [2.75, 3.05) is 13.2 Å². The Morgan fingerprint density at radius 3 is 2.33 bits per heavy atom. The number of fused-ring (bicyclic) bond motifs is 7. The Morgan fingerprint density at radius 1 is 0.843 bits per heavy atom. The van der Waals surface area contributed by atoms with Crippen molar-refractivity contribution in [1.29, 1.82) is 0 Å². The summed E-state index contributed by atoms with van der Waals surface area (Å²) in [6.45, 7) is 8.54. The Labute approximate surface area is 300 Å². The van der Waals surface area contributed by atoms with Crippen LogP contribution in [-0.4, -0.2) is 134 Å². The summed E-state index contributed by atoms with van der Waals surface area (Å²) in [6.07, 6.45) is -3.13. The van der Waals surface area contributed by atoms with Gasteiger partial charge in [0.25, 0.3) is 0 Å². The second kappa shape index (κ2) is 13.2. The van der Waals surface area contributed by atoms with Crippen LogP contribution in [0.1, 0.15) is 91.9 Å². The Bertz CT molecular complexity index is 1320. The van der Waals surface area contributed by atoms with E-state index in [1.807, 2.05) is 0 Å². The van der Waals surface area contributed by atoms with Gasteiger partial charge in [0, 0.05) is 18.3 Å². The third-order valence-electron chi connectivity index (χ3n) is 15.2. The first-order valence-electron chi connectivity index (χ1n) is 19.5. The molecule has 0 radical (unpaired) electrons. The van der Waals surface area contributed by atoms with Crippen LogP contribution in [0.3, 0.4) is 0 Å². The van der Waals surface area contributed by atoms with Crippen LogP contribution < -0.4 is 0 Å². The molecule has 4 aliphatic carbocycles. The highest BCUT2D eigenvalue weighted by Gasteiger charge is 2.73. The number of hydrogen-bond acceptors (Lipinski definition) is 13. The van der Waals surface area contributed by atoms with Crippen LogP contribution in [0.5, 0.6) is 0 Å². The molecular formula is C38H60O13. The zero-order valence-corrected chi connectivity index (χ0v) is 30.4. The molecule has 7 N–H and O–H groups in total. The minimum atomic E-state index is -1.63. The maximum Gasteiger partial charge on any atom is 0.187 e. The molecule has 0 amide bonds. The first-order chi connectivity index (χ1) is 24.1. The van der Waals surface area contributed by atoms with E-state index in [9.17, 15) is 35.7 Å². The fraction of sp³-hybridized carbons (Fsp3) is 0.947. The molecule has 0 aromatic heterocycles. The molecule has 1 spiro atoms. The molecule has 0 aromatic carbocycles. The molecule has 3 saturated carbocycles. The van der Waals surface area contributed by atoms with Crippen LogP contribution in [0.25, 0.3) is 0 Å². The number of rotatable bonds is 5. The molecule has 8 aliphatic rings. The average molecular weight is 725 g/mol. The summed E-state index contributed by atoms with van der Waals surface area (Å²) in [4.78, 5) is 0. The summed E-state index contributed by atoms with van der Waals surface area (Å²) in [5, 5.41) is 75.6. The molecule has 4 aliphatic heterocycles. The van der Waals surface area contributed by atoms with E-state index in [0.29, 0.717) is 43.1 Å². The van der Waals surface area contributed by atoms with E-state index in [1.165, 1.54) is 12.5 Å². The van der Waals surface area contributed by atoms with Crippen LogP contribution in [0.15, 0.2) is 11.6 Å². The minimum Gasteiger partial charge on any atom is -0.394 e. The minimum absolute atomic E-state index is 0.0206. The fourth-order valence-corrected chi connectivity index (χ4v) is 11.9. The van der Waals surface area contributed by atoms with Gasteiger partial charge in [-0.05, 0) is 87.4 Å². The van der Waals surface area contributed by atoms with E-state index in [4.69, 9.17) is 28.4 Å². The molecule has 7 fully saturated rings. The van der Waals surface area contributed by atoms with Gasteiger partial charge in [0.05, 0.1) is 31.5 Å². The molecule has 13 nitrogen and oxygen atoms in total. The molecular weight excluding hydrogens is 664 g/mol. The number of allylic oxidation sites excluding steroid dienone is 1. The van der Waals surface area contributed by atoms with Gasteiger partial charge in [0.1, 0.15) is 48.3 Å². The fourth-order valence-electron chi connectivity index (χ4n) is 11.9. The zero-order chi connectivity index (χ0) is 36.2. The van der Waals surface area contributed by atoms with Gasteiger partial charge in [-0.3, -0.25) is 0 Å². The zero-order valence-electron chi connectivity index (χ0n) is 30.4. The quantitative estimate of drug-likeness (QED) is 0.201. The summed E-state index contributed by atoms with van der Waals surface area (Å²) in [5.74, 6) is 1.15. The van der Waals surface area contributed by atoms with E-state index >= 15 is 0 Å². The topological polar surface area (TPSA) is 197 Å². The van der Waals surface area contributed by atoms with Crippen molar-refractivity contribution in [1.82, 2.24) is 0 Å². The molecule has 4 saturated heterocycles. The number of aliphatic hydroxyl groups excluding tert-OH is 6. The summed E-state index contributed by atoms with van der Waals surface area (Å²) in [5.41, 5.74) is 0.208. The van der Waals surface area contributed by atoms with E-state index in [1.54, 1.807) is 0 Å². The summed E-state index contributed by atoms with van der Waals surface area (Å²) >= 11 is 0. The Hall–Kier alpha value is -0.780. The van der Waals surface area contributed by atoms with E-state index in [2.05, 4.69) is 26.8 Å². The average Bonchev–Trinajstić information content (AvgIpc) is 3.50. The normalized spacial score (nSPS) is 58.4. The largest absolute Gasteiger partial charge is 0.394 e. The Balaban J connectivity index is 0.942. The van der Waals surface area contributed by atoms with E-state index < -0.39 is 79.4 Å². The lowest BCUT2D eigenvalue weighted by Crippen LogP contribution is -2.64. The molecule has 0 aromatic rings. The highest BCUT2D eigenvalue weighted by molar-refractivity contribution is 5.28. The van der Waals surface area contributed by atoms with Crippen molar-refractivity contribution >= 4 is 0 Å². The lowest BCUT2D eigenvalue weighted by Gasteiger charge is -2.59. The maximum atomic E-state index is 12.4. The third kappa shape index (κ3) is 5.74. The molecule has 13 heteroatoms. The van der Waals surface area contributed by atoms with Crippen molar-refractivity contribution in [2.45, 2.75) is 177 Å². The first-order valence-corrected chi connectivity index (χ1v) is 19.5. The lowest BCUT2D eigenvalue weighted by molar-refractivity contribution is -0.361. The summed E-state index contributed by atoms with van der Waals surface area (Å²) < 4.78 is 36.7. The van der Waals surface area contributed by atoms with Crippen molar-refractivity contribution < 1.29 is 64.2 Å². The van der Waals surface area contributed by atoms with Crippen LogP contribution in [0.4, 0.5) is 0 Å². The second-order valence-corrected chi connectivity index (χ2v) is 18.0. The number of ether oxygens (including phenoxy) is 6. The standard InChI is InChI=1S/C38H60O13/c1-18-7-12-37(46-16-18)17-38(45)26(51-37)14-24-22-6-5-20-13-21(8-10-35(20,3)23(22)9-11-36(24,38)4)48-34-31(44)32(28(41)25(15-39)49-34)50-33-30(43)29(42)27(40)19(2)47-33/h5,18-19,21-34,39-45H,6-17H2,1-4H3/t18-,19-,21+,22-,23+,24-,25-,26+,27+,28-,29+,30-,31-,32+,33+,34-,35-,36+,37+,38-/m1/s1. The van der Waals surface area contributed by atoms with Gasteiger partial charge >= 0.3 is 0 Å². The second-order valence-electron chi connectivity index (χ2n) is 18.0. The van der Waals surface area contributed by atoms with Gasteiger partial charge in [-0.15, -0.1) is 0 Å². The molecule has 51 heavy (non-hydrogen) atoms. The van der Waals surface area contributed by atoms with E-state index in [0.717, 1.165) is 51.4 Å². The Morgan fingerprint density at radius 2 is 1.61 bits per heavy atom. The van der Waals surface area contributed by atoms with Crippen LogP contribution in [0, 0.1) is 34.5 Å². The molecule has 0 unspecified atom stereocenters.